The van der Waals surface area contributed by atoms with Crippen molar-refractivity contribution in [1.29, 1.82) is 0 Å². The number of aliphatic hydroxyl groups is 1. The van der Waals surface area contributed by atoms with Gasteiger partial charge in [-0.25, -0.2) is 4.79 Å². The first-order valence-corrected chi connectivity index (χ1v) is 10.6. The molecule has 1 aromatic carbocycles. The van der Waals surface area contributed by atoms with Gasteiger partial charge in [0.1, 0.15) is 5.76 Å². The molecule has 1 unspecified atom stereocenters. The molecule has 0 saturated carbocycles. The summed E-state index contributed by atoms with van der Waals surface area (Å²) in [6.07, 6.45) is 2.20. The van der Waals surface area contributed by atoms with E-state index in [1.165, 1.54) is 6.21 Å². The van der Waals surface area contributed by atoms with E-state index in [0.29, 0.717) is 30.5 Å². The maximum atomic E-state index is 12.2. The van der Waals surface area contributed by atoms with Crippen molar-refractivity contribution < 1.29 is 19.4 Å². The minimum absolute atomic E-state index is 0.0347. The number of nitrogens with zero attached hydrogens (tertiary/aromatic N) is 3. The van der Waals surface area contributed by atoms with Gasteiger partial charge in [0.25, 0.3) is 0 Å². The molecule has 0 amide bonds. The molecule has 7 nitrogen and oxygen atoms in total. The molecule has 1 fully saturated rings. The fourth-order valence-corrected chi connectivity index (χ4v) is 4.42. The summed E-state index contributed by atoms with van der Waals surface area (Å²) in [6, 6.07) is 7.58. The fourth-order valence-electron chi connectivity index (χ4n) is 4.42. The van der Waals surface area contributed by atoms with E-state index in [0.717, 1.165) is 38.3 Å². The van der Waals surface area contributed by atoms with E-state index >= 15 is 0 Å². The molecule has 1 atom stereocenters. The zero-order valence-corrected chi connectivity index (χ0v) is 17.6. The monoisotopic (exact) mass is 411 g/mol. The van der Waals surface area contributed by atoms with Crippen LogP contribution in [0.1, 0.15) is 48.8 Å². The van der Waals surface area contributed by atoms with Crippen LogP contribution < -0.4 is 0 Å². The van der Waals surface area contributed by atoms with E-state index in [-0.39, 0.29) is 29.2 Å². The Morgan fingerprint density at radius 3 is 2.63 bits per heavy atom. The van der Waals surface area contributed by atoms with Crippen molar-refractivity contribution in [2.24, 2.45) is 10.4 Å². The number of allylic oxidation sites excluding steroid dienone is 2. The number of hydrogen-bond donors (Lipinski definition) is 1. The van der Waals surface area contributed by atoms with Crippen LogP contribution in [0.15, 0.2) is 40.6 Å². The number of carbonyl (C=O) groups excluding carboxylic acids is 2. The summed E-state index contributed by atoms with van der Waals surface area (Å²) in [5, 5.41) is 10.2. The van der Waals surface area contributed by atoms with E-state index < -0.39 is 0 Å². The Kier molecular flexibility index (Phi) is 5.75. The van der Waals surface area contributed by atoms with E-state index in [9.17, 15) is 14.7 Å². The molecule has 0 radical (unpaired) electrons. The number of esters is 1. The molecule has 0 spiro atoms. The number of hydrogen-bond acceptors (Lipinski definition) is 7. The molecular formula is C23H29N3O4. The van der Waals surface area contributed by atoms with Crippen LogP contribution in [0.2, 0.25) is 0 Å². The first-order chi connectivity index (χ1) is 14.3. The number of carbonyl (C=O) groups is 2. The van der Waals surface area contributed by atoms with E-state index in [2.05, 4.69) is 14.8 Å². The van der Waals surface area contributed by atoms with Crippen LogP contribution >= 0.6 is 0 Å². The number of fused-ring (bicyclic) bond motifs is 1. The van der Waals surface area contributed by atoms with Gasteiger partial charge in [0, 0.05) is 57.3 Å². The fraction of sp³-hybridized carbons (Fsp3) is 0.522. The topological polar surface area (TPSA) is 82.4 Å². The predicted molar refractivity (Wildman–Crippen MR) is 114 cm³/mol. The summed E-state index contributed by atoms with van der Waals surface area (Å²) < 4.78 is 5.59. The number of aliphatic hydroxyl groups excluding tert-OH is 1. The lowest BCUT2D eigenvalue weighted by atomic mass is 9.77. The van der Waals surface area contributed by atoms with Gasteiger partial charge in [0.2, 0.25) is 0 Å². The third-order valence-corrected chi connectivity index (χ3v) is 6.07. The highest BCUT2D eigenvalue weighted by atomic mass is 16.6. The molecule has 2 aliphatic heterocycles. The van der Waals surface area contributed by atoms with Crippen LogP contribution in [0, 0.1) is 5.41 Å². The molecule has 3 aliphatic rings. The SMILES string of the molecule is CC1(C)CC(=O)C(C=NCCN2CCN(C3OC(=O)c4ccccc43)CC2)=C(O)C1. The van der Waals surface area contributed by atoms with Gasteiger partial charge in [0.05, 0.1) is 17.7 Å². The highest BCUT2D eigenvalue weighted by molar-refractivity contribution is 6.14. The molecule has 4 rings (SSSR count). The lowest BCUT2D eigenvalue weighted by Crippen LogP contribution is -2.48. The van der Waals surface area contributed by atoms with Crippen molar-refractivity contribution in [3.8, 4) is 0 Å². The Morgan fingerprint density at radius 2 is 1.90 bits per heavy atom. The number of Topliss-reactive ketones (excluding diaryl/α,β-unsaturated/α-hetero) is 1. The van der Waals surface area contributed by atoms with E-state index in [1.807, 2.05) is 38.1 Å². The molecule has 0 aromatic heterocycles. The average molecular weight is 412 g/mol. The summed E-state index contributed by atoms with van der Waals surface area (Å²) >= 11 is 0. The van der Waals surface area contributed by atoms with Crippen LogP contribution in [0.3, 0.4) is 0 Å². The van der Waals surface area contributed by atoms with Gasteiger partial charge in [-0.3, -0.25) is 19.6 Å². The van der Waals surface area contributed by atoms with Gasteiger partial charge in [-0.2, -0.15) is 0 Å². The summed E-state index contributed by atoms with van der Waals surface area (Å²) in [4.78, 5) is 33.2. The first kappa shape index (κ1) is 20.8. The Hall–Kier alpha value is -2.51. The van der Waals surface area contributed by atoms with Gasteiger partial charge in [0.15, 0.2) is 12.0 Å². The van der Waals surface area contributed by atoms with Crippen LogP contribution in [0.5, 0.6) is 0 Å². The van der Waals surface area contributed by atoms with Crippen LogP contribution in [0.4, 0.5) is 0 Å². The molecular weight excluding hydrogens is 382 g/mol. The lowest BCUT2D eigenvalue weighted by molar-refractivity contribution is -0.117. The summed E-state index contributed by atoms with van der Waals surface area (Å²) in [6.45, 7) is 8.71. The highest BCUT2D eigenvalue weighted by Crippen LogP contribution is 2.35. The number of benzene rings is 1. The minimum Gasteiger partial charge on any atom is -0.511 e. The second kappa shape index (κ2) is 8.32. The molecule has 0 bridgehead atoms. The van der Waals surface area contributed by atoms with Crippen molar-refractivity contribution in [2.45, 2.75) is 32.9 Å². The van der Waals surface area contributed by atoms with Gasteiger partial charge >= 0.3 is 5.97 Å². The normalized spacial score (nSPS) is 25.1. The number of cyclic esters (lactones) is 1. The van der Waals surface area contributed by atoms with Crippen molar-refractivity contribution in [3.05, 3.63) is 46.7 Å². The molecule has 7 heteroatoms. The number of piperazine rings is 1. The van der Waals surface area contributed by atoms with Gasteiger partial charge < -0.3 is 9.84 Å². The number of rotatable bonds is 5. The van der Waals surface area contributed by atoms with E-state index in [1.54, 1.807) is 0 Å². The zero-order valence-electron chi connectivity index (χ0n) is 17.6. The Morgan fingerprint density at radius 1 is 1.17 bits per heavy atom. The molecule has 1 aromatic rings. The maximum Gasteiger partial charge on any atom is 0.340 e. The third-order valence-electron chi connectivity index (χ3n) is 6.07. The standard InChI is InChI=1S/C23H29N3O4/c1-23(2)13-19(27)18(20(28)14-23)15-24-7-8-25-9-11-26(12-10-25)21-16-5-3-4-6-17(16)22(29)30-21/h3-6,15,21,27H,7-14H2,1-2H3. The smallest absolute Gasteiger partial charge is 0.340 e. The van der Waals surface area contributed by atoms with Crippen LogP contribution in [0.25, 0.3) is 0 Å². The van der Waals surface area contributed by atoms with Gasteiger partial charge in [-0.1, -0.05) is 32.0 Å². The quantitative estimate of drug-likeness (QED) is 0.593. The second-order valence-corrected chi connectivity index (χ2v) is 9.06. The molecule has 1 saturated heterocycles. The molecule has 1 aliphatic carbocycles. The van der Waals surface area contributed by atoms with Gasteiger partial charge in [-0.05, 0) is 11.5 Å². The summed E-state index contributed by atoms with van der Waals surface area (Å²) in [5.74, 6) is -0.127. The average Bonchev–Trinajstić information content (AvgIpc) is 3.03. The minimum atomic E-state index is -0.287. The Bertz CT molecular complexity index is 897. The number of ketones is 1. The Labute approximate surface area is 177 Å². The Balaban J connectivity index is 1.26. The van der Waals surface area contributed by atoms with Crippen molar-refractivity contribution in [3.63, 3.8) is 0 Å². The van der Waals surface area contributed by atoms with Crippen molar-refractivity contribution >= 4 is 18.0 Å². The zero-order chi connectivity index (χ0) is 21.3. The predicted octanol–water partition coefficient (Wildman–Crippen LogP) is 2.75. The van der Waals surface area contributed by atoms with E-state index in [4.69, 9.17) is 4.74 Å². The molecule has 160 valence electrons. The van der Waals surface area contributed by atoms with Crippen molar-refractivity contribution in [1.82, 2.24) is 9.80 Å². The second-order valence-electron chi connectivity index (χ2n) is 9.06. The van der Waals surface area contributed by atoms with Crippen LogP contribution in [-0.4, -0.2) is 72.1 Å². The molecule has 30 heavy (non-hydrogen) atoms. The van der Waals surface area contributed by atoms with Crippen molar-refractivity contribution in [2.75, 3.05) is 39.3 Å². The number of aliphatic imine (C=N–C) groups is 1. The highest BCUT2D eigenvalue weighted by Gasteiger charge is 2.36. The first-order valence-electron chi connectivity index (χ1n) is 10.6. The molecule has 1 N–H and O–H groups in total. The van der Waals surface area contributed by atoms with Crippen LogP contribution in [-0.2, 0) is 9.53 Å². The number of ether oxygens (including phenoxy) is 1. The maximum absolute atomic E-state index is 12.2. The largest absolute Gasteiger partial charge is 0.511 e. The van der Waals surface area contributed by atoms with Gasteiger partial charge in [-0.15, -0.1) is 0 Å². The molecule has 2 heterocycles. The summed E-state index contributed by atoms with van der Waals surface area (Å²) in [7, 11) is 0. The third kappa shape index (κ3) is 4.32. The summed E-state index contributed by atoms with van der Waals surface area (Å²) in [5.41, 5.74) is 1.79. The lowest BCUT2D eigenvalue weighted by Gasteiger charge is -2.37.